The van der Waals surface area contributed by atoms with Crippen LogP contribution < -0.4 is 0 Å². The maximum atomic E-state index is 6.02. The molecule has 0 saturated heterocycles. The third kappa shape index (κ3) is 3.89. The van der Waals surface area contributed by atoms with Crippen LogP contribution in [0.5, 0.6) is 0 Å². The van der Waals surface area contributed by atoms with E-state index in [-0.39, 0.29) is 0 Å². The molecule has 15 heavy (non-hydrogen) atoms. The van der Waals surface area contributed by atoms with E-state index in [2.05, 4.69) is 12.0 Å². The standard InChI is InChI=1S/C10H16Cl2N2S/c1-3-4-5-6-7-15-10-8(11)9(12)13-14(10)2/h3-7H2,1-2H3. The van der Waals surface area contributed by atoms with Gasteiger partial charge in [0.25, 0.3) is 0 Å². The number of unbranched alkanes of at least 4 members (excludes halogenated alkanes) is 3. The molecule has 0 atom stereocenters. The van der Waals surface area contributed by atoms with Gasteiger partial charge in [0.1, 0.15) is 10.0 Å². The quantitative estimate of drug-likeness (QED) is 0.561. The summed E-state index contributed by atoms with van der Waals surface area (Å²) in [7, 11) is 1.87. The van der Waals surface area contributed by atoms with Crippen LogP contribution in [-0.4, -0.2) is 15.5 Å². The Hall–Kier alpha value is 0.140. The van der Waals surface area contributed by atoms with Gasteiger partial charge in [0.15, 0.2) is 5.15 Å². The van der Waals surface area contributed by atoms with Crippen LogP contribution in [0.25, 0.3) is 0 Å². The maximum absolute atomic E-state index is 6.02. The minimum atomic E-state index is 0.398. The number of thioether (sulfide) groups is 1. The molecule has 0 radical (unpaired) electrons. The van der Waals surface area contributed by atoms with Gasteiger partial charge in [0.05, 0.1) is 0 Å². The summed E-state index contributed by atoms with van der Waals surface area (Å²) in [5, 5.41) is 6.01. The maximum Gasteiger partial charge on any atom is 0.170 e. The third-order valence-corrected chi connectivity index (χ3v) is 4.20. The number of rotatable bonds is 6. The molecule has 0 fully saturated rings. The molecule has 1 aromatic rings. The van der Waals surface area contributed by atoms with E-state index < -0.39 is 0 Å². The largest absolute Gasteiger partial charge is 0.259 e. The third-order valence-electron chi connectivity index (χ3n) is 2.14. The van der Waals surface area contributed by atoms with Gasteiger partial charge in [0.2, 0.25) is 0 Å². The zero-order chi connectivity index (χ0) is 11.3. The first kappa shape index (κ1) is 13.2. The first-order valence-corrected chi connectivity index (χ1v) is 6.91. The highest BCUT2D eigenvalue weighted by Crippen LogP contribution is 2.32. The summed E-state index contributed by atoms with van der Waals surface area (Å²) >= 11 is 13.6. The lowest BCUT2D eigenvalue weighted by atomic mass is 10.2. The molecule has 0 aliphatic carbocycles. The van der Waals surface area contributed by atoms with Gasteiger partial charge < -0.3 is 0 Å². The van der Waals surface area contributed by atoms with Crippen LogP contribution in [0.15, 0.2) is 5.03 Å². The number of halogens is 2. The number of aromatic nitrogens is 2. The fourth-order valence-electron chi connectivity index (χ4n) is 1.31. The van der Waals surface area contributed by atoms with E-state index in [0.29, 0.717) is 10.2 Å². The molecule has 0 aliphatic rings. The van der Waals surface area contributed by atoms with Gasteiger partial charge in [0, 0.05) is 7.05 Å². The minimum absolute atomic E-state index is 0.398. The monoisotopic (exact) mass is 266 g/mol. The van der Waals surface area contributed by atoms with Crippen LogP contribution in [0.4, 0.5) is 0 Å². The van der Waals surface area contributed by atoms with Gasteiger partial charge >= 0.3 is 0 Å². The van der Waals surface area contributed by atoms with E-state index in [0.717, 1.165) is 10.8 Å². The highest BCUT2D eigenvalue weighted by atomic mass is 35.5. The lowest BCUT2D eigenvalue weighted by Gasteiger charge is -2.02. The second kappa shape index (κ2) is 6.66. The van der Waals surface area contributed by atoms with Gasteiger partial charge in [-0.3, -0.25) is 4.68 Å². The van der Waals surface area contributed by atoms with E-state index in [4.69, 9.17) is 23.2 Å². The Labute approximate surface area is 105 Å². The number of aryl methyl sites for hydroxylation is 1. The smallest absolute Gasteiger partial charge is 0.170 e. The number of hydrogen-bond acceptors (Lipinski definition) is 2. The predicted molar refractivity (Wildman–Crippen MR) is 68.1 cm³/mol. The summed E-state index contributed by atoms with van der Waals surface area (Å²) in [5.74, 6) is 1.08. The van der Waals surface area contributed by atoms with E-state index in [1.165, 1.54) is 25.7 Å². The predicted octanol–water partition coefficient (Wildman–Crippen LogP) is 4.40. The summed E-state index contributed by atoms with van der Waals surface area (Å²) in [6, 6.07) is 0. The summed E-state index contributed by atoms with van der Waals surface area (Å²) in [5.41, 5.74) is 0. The van der Waals surface area contributed by atoms with Crippen LogP contribution in [0.2, 0.25) is 10.2 Å². The Morgan fingerprint density at radius 2 is 2.00 bits per heavy atom. The molecular formula is C10H16Cl2N2S. The van der Waals surface area contributed by atoms with E-state index >= 15 is 0 Å². The van der Waals surface area contributed by atoms with Gasteiger partial charge in [-0.15, -0.1) is 11.8 Å². The second-order valence-corrected chi connectivity index (χ2v) is 5.26. The van der Waals surface area contributed by atoms with Crippen molar-refractivity contribution in [2.45, 2.75) is 37.6 Å². The molecule has 1 aromatic heterocycles. The molecule has 0 aliphatic heterocycles. The molecular weight excluding hydrogens is 251 g/mol. The topological polar surface area (TPSA) is 17.8 Å². The molecule has 1 heterocycles. The van der Waals surface area contributed by atoms with Crippen LogP contribution in [0.1, 0.15) is 32.6 Å². The van der Waals surface area contributed by atoms with Crippen LogP contribution in [-0.2, 0) is 7.05 Å². The van der Waals surface area contributed by atoms with Crippen molar-refractivity contribution in [2.75, 3.05) is 5.75 Å². The van der Waals surface area contributed by atoms with Gasteiger partial charge in [-0.2, -0.15) is 5.10 Å². The molecule has 0 N–H and O–H groups in total. The van der Waals surface area contributed by atoms with Crippen molar-refractivity contribution < 1.29 is 0 Å². The van der Waals surface area contributed by atoms with E-state index in [1.54, 1.807) is 16.4 Å². The average Bonchev–Trinajstić information content (AvgIpc) is 2.44. The van der Waals surface area contributed by atoms with E-state index in [1.807, 2.05) is 7.05 Å². The van der Waals surface area contributed by atoms with Crippen LogP contribution >= 0.6 is 35.0 Å². The minimum Gasteiger partial charge on any atom is -0.259 e. The Balaban J connectivity index is 2.37. The molecule has 0 bridgehead atoms. The van der Waals surface area contributed by atoms with Gasteiger partial charge in [-0.25, -0.2) is 0 Å². The van der Waals surface area contributed by atoms with Crippen molar-refractivity contribution in [3.8, 4) is 0 Å². The molecule has 86 valence electrons. The van der Waals surface area contributed by atoms with Crippen molar-refractivity contribution in [1.82, 2.24) is 9.78 Å². The highest BCUT2D eigenvalue weighted by Gasteiger charge is 2.12. The Morgan fingerprint density at radius 3 is 2.53 bits per heavy atom. The number of nitrogens with zero attached hydrogens (tertiary/aromatic N) is 2. The Bertz CT molecular complexity index is 313. The summed E-state index contributed by atoms with van der Waals surface area (Å²) in [6.07, 6.45) is 5.08. The lowest BCUT2D eigenvalue weighted by Crippen LogP contribution is -1.93. The highest BCUT2D eigenvalue weighted by molar-refractivity contribution is 7.99. The lowest BCUT2D eigenvalue weighted by molar-refractivity contribution is 0.692. The first-order chi connectivity index (χ1) is 7.16. The Kier molecular flexibility index (Phi) is 5.87. The molecule has 2 nitrogen and oxygen atoms in total. The molecule has 0 unspecified atom stereocenters. The first-order valence-electron chi connectivity index (χ1n) is 5.17. The zero-order valence-corrected chi connectivity index (χ0v) is 11.4. The fraction of sp³-hybridized carbons (Fsp3) is 0.700. The molecule has 1 rings (SSSR count). The van der Waals surface area contributed by atoms with E-state index in [9.17, 15) is 0 Å². The molecule has 0 saturated carbocycles. The Morgan fingerprint density at radius 1 is 1.27 bits per heavy atom. The molecule has 0 aromatic carbocycles. The van der Waals surface area contributed by atoms with Crippen LogP contribution in [0.3, 0.4) is 0 Å². The normalized spacial score (nSPS) is 10.9. The van der Waals surface area contributed by atoms with Crippen LogP contribution in [0, 0.1) is 0 Å². The van der Waals surface area contributed by atoms with Gasteiger partial charge in [-0.1, -0.05) is 49.4 Å². The summed E-state index contributed by atoms with van der Waals surface area (Å²) in [6.45, 7) is 2.21. The fourth-order valence-corrected chi connectivity index (χ4v) is 2.88. The molecule has 0 spiro atoms. The SMILES string of the molecule is CCCCCCSc1c(Cl)c(Cl)nn1C. The van der Waals surface area contributed by atoms with Crippen molar-refractivity contribution in [2.24, 2.45) is 7.05 Å². The molecule has 5 heteroatoms. The average molecular weight is 267 g/mol. The second-order valence-electron chi connectivity index (χ2n) is 3.44. The molecule has 0 amide bonds. The van der Waals surface area contributed by atoms with Crippen molar-refractivity contribution >= 4 is 35.0 Å². The summed E-state index contributed by atoms with van der Waals surface area (Å²) in [4.78, 5) is 0. The zero-order valence-electron chi connectivity index (χ0n) is 9.09. The summed E-state index contributed by atoms with van der Waals surface area (Å²) < 4.78 is 1.75. The van der Waals surface area contributed by atoms with Gasteiger partial charge in [-0.05, 0) is 12.2 Å². The number of hydrogen-bond donors (Lipinski definition) is 0. The van der Waals surface area contributed by atoms with Crippen molar-refractivity contribution in [3.05, 3.63) is 10.2 Å². The van der Waals surface area contributed by atoms with Crippen molar-refractivity contribution in [1.29, 1.82) is 0 Å². The van der Waals surface area contributed by atoms with Crippen molar-refractivity contribution in [3.63, 3.8) is 0 Å².